The maximum Gasteiger partial charge on any atom is 0.0606 e. The van der Waals surface area contributed by atoms with E-state index in [1.165, 1.54) is 96.4 Å². The highest BCUT2D eigenvalue weighted by atomic mass is 35.5. The molecular formula is C118H156Cl3N11O12. The van der Waals surface area contributed by atoms with E-state index in [0.29, 0.717) is 103 Å². The molecule has 0 amide bonds. The van der Waals surface area contributed by atoms with Crippen LogP contribution in [-0.4, -0.2) is 257 Å². The van der Waals surface area contributed by atoms with Gasteiger partial charge >= 0.3 is 0 Å². The first-order valence-electron chi connectivity index (χ1n) is 50.8. The van der Waals surface area contributed by atoms with Crippen LogP contribution in [0.25, 0.3) is 0 Å². The molecule has 0 heterocycles. The number of nitrogens with two attached hydrogens (primary N) is 4. The smallest absolute Gasteiger partial charge is 0.0606 e. The number of benzene rings is 12. The Labute approximate surface area is 869 Å². The fraction of sp³-hybridized carbons (Fsp3) is 0.390. The predicted molar refractivity (Wildman–Crippen MR) is 596 cm³/mol. The number of anilines is 7. The highest BCUT2D eigenvalue weighted by Gasteiger charge is 2.24. The van der Waals surface area contributed by atoms with Gasteiger partial charge in [-0.05, 0) is 288 Å². The Bertz CT molecular complexity index is 4670. The van der Waals surface area contributed by atoms with Gasteiger partial charge in [-0.25, -0.2) is 0 Å². The summed E-state index contributed by atoms with van der Waals surface area (Å²) < 4.78 is 0. The van der Waals surface area contributed by atoms with Gasteiger partial charge in [0.2, 0.25) is 0 Å². The van der Waals surface area contributed by atoms with E-state index < -0.39 is 0 Å². The molecule has 776 valence electrons. The number of rotatable bonds is 49. The van der Waals surface area contributed by atoms with Gasteiger partial charge in [-0.15, -0.1) is 0 Å². The maximum atomic E-state index is 9.89. The lowest BCUT2D eigenvalue weighted by Crippen LogP contribution is -2.33. The molecular weight excluding hydrogens is 1870 g/mol. The van der Waals surface area contributed by atoms with Crippen LogP contribution in [0.1, 0.15) is 141 Å². The van der Waals surface area contributed by atoms with Crippen molar-refractivity contribution in [2.24, 2.45) is 22.9 Å². The molecule has 2 aliphatic carbocycles. The van der Waals surface area contributed by atoms with E-state index in [1.807, 2.05) is 122 Å². The van der Waals surface area contributed by atoms with E-state index in [4.69, 9.17) is 109 Å². The normalized spacial score (nSPS) is 14.1. The quantitative estimate of drug-likeness (QED) is 0.0168. The SMILES string of the molecule is NCCN(CCN)c1ccc(Cc2ccc(Cl)cc2)cc1.NCCN(CCN)c1ccc(Cc2ccc(N(CCO)CCO)cc2)cc1.OC1CCCC(c2ccc(Cc3ccc(Cl)cc3)cc2)C1.OCCN(CCO)c1ccc(Cc2ccc(C3CCCC(O)C3)cc2)cc1.OCCN(CCO)c1ccc(Cc2ccc(Cl)cc2)cc1.OCCN(CCO)c1ccc(Cc2ccc(N(CCO)CCO)cc2)cc1. The van der Waals surface area contributed by atoms with Gasteiger partial charge in [0.1, 0.15) is 0 Å². The zero-order valence-corrected chi connectivity index (χ0v) is 85.9. The molecule has 14 rings (SSSR count). The molecule has 23 nitrogen and oxygen atoms in total. The van der Waals surface area contributed by atoms with Gasteiger partial charge in [-0.2, -0.15) is 0 Å². The lowest BCUT2D eigenvalue weighted by atomic mass is 9.82. The molecule has 0 aliphatic heterocycles. The predicted octanol–water partition coefficient (Wildman–Crippen LogP) is 15.1. The van der Waals surface area contributed by atoms with E-state index >= 15 is 0 Å². The minimum Gasteiger partial charge on any atom is -0.395 e. The molecule has 12 aromatic rings. The highest BCUT2D eigenvalue weighted by Crippen LogP contribution is 2.36. The lowest BCUT2D eigenvalue weighted by Gasteiger charge is -2.26. The van der Waals surface area contributed by atoms with Crippen LogP contribution in [0.4, 0.5) is 39.8 Å². The number of nitrogens with zero attached hydrogens (tertiary/aromatic N) is 7. The molecule has 0 bridgehead atoms. The van der Waals surface area contributed by atoms with Crippen LogP contribution in [0.5, 0.6) is 0 Å². The van der Waals surface area contributed by atoms with Gasteiger partial charge in [0, 0.05) is 173 Å². The fourth-order valence-corrected chi connectivity index (χ4v) is 18.5. The number of hydrogen-bond donors (Lipinski definition) is 16. The minimum absolute atomic E-state index is 0.0533. The molecule has 2 fully saturated rings. The number of aliphatic hydroxyl groups excluding tert-OH is 12. The molecule has 144 heavy (non-hydrogen) atoms. The Balaban J connectivity index is 0.000000193. The molecule has 0 saturated heterocycles. The largest absolute Gasteiger partial charge is 0.395 e. The second kappa shape index (κ2) is 67.3. The van der Waals surface area contributed by atoms with Crippen molar-refractivity contribution in [2.45, 2.75) is 114 Å². The van der Waals surface area contributed by atoms with Crippen LogP contribution in [0.2, 0.25) is 15.1 Å². The van der Waals surface area contributed by atoms with Crippen molar-refractivity contribution in [1.82, 2.24) is 0 Å². The Hall–Kier alpha value is -10.5. The lowest BCUT2D eigenvalue weighted by molar-refractivity contribution is 0.119. The average Bonchev–Trinajstić information content (AvgIpc) is 0.866. The summed E-state index contributed by atoms with van der Waals surface area (Å²) in [5.41, 5.74) is 47.6. The van der Waals surface area contributed by atoms with E-state index in [1.54, 1.807) is 0 Å². The molecule has 4 unspecified atom stereocenters. The van der Waals surface area contributed by atoms with Crippen LogP contribution in [0, 0.1) is 0 Å². The van der Waals surface area contributed by atoms with E-state index in [0.717, 1.165) is 152 Å². The van der Waals surface area contributed by atoms with Crippen LogP contribution in [-0.2, 0) is 38.5 Å². The molecule has 26 heteroatoms. The van der Waals surface area contributed by atoms with Gasteiger partial charge < -0.3 is 119 Å². The third kappa shape index (κ3) is 41.8. The van der Waals surface area contributed by atoms with Crippen LogP contribution < -0.4 is 57.2 Å². The number of halogens is 3. The van der Waals surface area contributed by atoms with Crippen LogP contribution >= 0.6 is 34.8 Å². The first kappa shape index (κ1) is 117. The highest BCUT2D eigenvalue weighted by molar-refractivity contribution is 6.31. The topological polar surface area (TPSA) is 370 Å². The van der Waals surface area contributed by atoms with Crippen molar-refractivity contribution in [2.75, 3.05) is 218 Å². The van der Waals surface area contributed by atoms with Crippen molar-refractivity contribution in [3.63, 3.8) is 0 Å². The van der Waals surface area contributed by atoms with E-state index in [-0.39, 0.29) is 78.3 Å². The second-order valence-corrected chi connectivity index (χ2v) is 37.7. The Morgan fingerprint density at radius 2 is 0.333 bits per heavy atom. The van der Waals surface area contributed by atoms with Crippen molar-refractivity contribution < 1.29 is 61.3 Å². The zero-order chi connectivity index (χ0) is 103. The number of hydrogen-bond acceptors (Lipinski definition) is 23. The average molecular weight is 2030 g/mol. The van der Waals surface area contributed by atoms with Gasteiger partial charge in [0.15, 0.2) is 0 Å². The third-order valence-corrected chi connectivity index (χ3v) is 26.5. The molecule has 0 spiro atoms. The molecule has 20 N–H and O–H groups in total. The van der Waals surface area contributed by atoms with Gasteiger partial charge in [-0.1, -0.05) is 218 Å². The summed E-state index contributed by atoms with van der Waals surface area (Å²) in [5, 5.41) is 113. The zero-order valence-electron chi connectivity index (χ0n) is 83.7. The van der Waals surface area contributed by atoms with Gasteiger partial charge in [-0.3, -0.25) is 0 Å². The Morgan fingerprint density at radius 1 is 0.194 bits per heavy atom. The van der Waals surface area contributed by atoms with E-state index in [9.17, 15) is 10.2 Å². The summed E-state index contributed by atoms with van der Waals surface area (Å²) in [6, 6.07) is 99.8. The van der Waals surface area contributed by atoms with Gasteiger partial charge in [0.25, 0.3) is 0 Å². The van der Waals surface area contributed by atoms with Crippen molar-refractivity contribution in [1.29, 1.82) is 0 Å². The summed E-state index contributed by atoms with van der Waals surface area (Å²) in [6.07, 6.45) is 13.3. The Kier molecular flexibility index (Phi) is 54.7. The van der Waals surface area contributed by atoms with Crippen LogP contribution in [0.3, 0.4) is 0 Å². The van der Waals surface area contributed by atoms with Gasteiger partial charge in [0.05, 0.1) is 78.3 Å². The van der Waals surface area contributed by atoms with Crippen molar-refractivity contribution >= 4 is 74.6 Å². The minimum atomic E-state index is -0.141. The molecule has 0 aromatic heterocycles. The van der Waals surface area contributed by atoms with Crippen molar-refractivity contribution in [3.05, 3.63) is 384 Å². The third-order valence-electron chi connectivity index (χ3n) is 25.8. The molecule has 2 saturated carbocycles. The first-order chi connectivity index (χ1) is 70.3. The standard InChI is InChI=1S/C23H31NO3.C21H32N4O2.C21H30N2O4.C19H21ClO.C17H22ClN3.C17H20ClNO2/c25-14-12-24(13-15-26)22-10-6-19(7-11-22)16-18-4-8-20(9-5-18)21-2-1-3-23(27)17-21;22-9-11-24(12-10-23)20-5-1-18(2-6-20)17-19-3-7-21(8-4-19)25(13-15-26)14-16-27;24-13-9-22(10-14-25)20-5-1-18(2-6-20)17-19-3-7-21(8-4-19)23(11-15-26)12-16-27;20-18-10-6-15(7-11-18)12-14-4-8-16(9-5-14)17-2-1-3-19(21)13-17;18-16-5-1-14(2-6-16)13-15-3-7-17(8-4-15)21(11-9-19)12-10-20;18-16-5-1-14(2-6-16)13-15-3-7-17(8-4-15)19(9-11-20)10-12-21/h4-11,21,23,25-27H,1-3,12-17H2;1-8,26-27H,9-17,22-23H2;1-8,24-27H,9-17H2;4-11,17,19,21H,1-3,12-13H2;1-8H,9-13,19-20H2;1-8,20-21H,9-13H2. The molecule has 0 radical (unpaired) electrons. The maximum absolute atomic E-state index is 9.89. The van der Waals surface area contributed by atoms with Crippen LogP contribution in [0.15, 0.2) is 291 Å². The first-order valence-corrected chi connectivity index (χ1v) is 51.9. The summed E-state index contributed by atoms with van der Waals surface area (Å²) >= 11 is 17.7. The second-order valence-electron chi connectivity index (χ2n) is 36.4. The molecule has 4 atom stereocenters. The summed E-state index contributed by atoms with van der Waals surface area (Å²) in [7, 11) is 0. The Morgan fingerprint density at radius 3 is 0.472 bits per heavy atom. The molecule has 2 aliphatic rings. The molecule has 12 aromatic carbocycles. The monoisotopic (exact) mass is 2020 g/mol. The number of aliphatic hydroxyl groups is 12. The fourth-order valence-electron chi connectivity index (χ4n) is 18.2. The summed E-state index contributed by atoms with van der Waals surface area (Å²) in [4.78, 5) is 14.2. The summed E-state index contributed by atoms with van der Waals surface area (Å²) in [6.45, 7) is 11.5. The summed E-state index contributed by atoms with van der Waals surface area (Å²) in [5.74, 6) is 1.02. The van der Waals surface area contributed by atoms with Crippen molar-refractivity contribution in [3.8, 4) is 0 Å². The van der Waals surface area contributed by atoms with E-state index in [2.05, 4.69) is 204 Å².